The van der Waals surface area contributed by atoms with Gasteiger partial charge >= 0.3 is 0 Å². The van der Waals surface area contributed by atoms with Crippen LogP contribution in [0.4, 0.5) is 0 Å². The summed E-state index contributed by atoms with van der Waals surface area (Å²) in [4.78, 5) is 23.7. The van der Waals surface area contributed by atoms with Crippen molar-refractivity contribution >= 4 is 17.9 Å². The number of ether oxygens (including phenoxy) is 3. The van der Waals surface area contributed by atoms with Crippen LogP contribution in [0.2, 0.25) is 0 Å². The molecule has 2 N–H and O–H groups in total. The number of nitrogens with zero attached hydrogens (tertiary/aromatic N) is 1. The molecule has 0 bridgehead atoms. The highest BCUT2D eigenvalue weighted by molar-refractivity contribution is 5.83. The molecule has 0 saturated carbocycles. The van der Waals surface area contributed by atoms with E-state index in [-0.39, 0.29) is 19.0 Å². The van der Waals surface area contributed by atoms with Gasteiger partial charge < -0.3 is 14.2 Å². The number of amides is 2. The third-order valence-corrected chi connectivity index (χ3v) is 3.61. The number of hydrogen-bond acceptors (Lipinski definition) is 6. The second kappa shape index (κ2) is 11.0. The molecule has 29 heavy (non-hydrogen) atoms. The van der Waals surface area contributed by atoms with Gasteiger partial charge in [0.1, 0.15) is 11.8 Å². The first-order valence-corrected chi connectivity index (χ1v) is 8.70. The van der Waals surface area contributed by atoms with E-state index in [0.29, 0.717) is 17.1 Å². The van der Waals surface area contributed by atoms with Gasteiger partial charge in [-0.25, -0.2) is 0 Å². The minimum atomic E-state index is -0.584. The van der Waals surface area contributed by atoms with Crippen molar-refractivity contribution in [1.29, 1.82) is 5.26 Å². The highest BCUT2D eigenvalue weighted by Crippen LogP contribution is 2.28. The maximum Gasteiger partial charge on any atom is 0.276 e. The second-order valence-electron chi connectivity index (χ2n) is 5.69. The quantitative estimate of drug-likeness (QED) is 0.663. The average molecular weight is 395 g/mol. The topological polar surface area (TPSA) is 110 Å². The first-order chi connectivity index (χ1) is 14.1. The van der Waals surface area contributed by atoms with Crippen LogP contribution in [0.25, 0.3) is 6.08 Å². The lowest BCUT2D eigenvalue weighted by Crippen LogP contribution is -2.45. The number of methoxy groups -OCH3 is 1. The summed E-state index contributed by atoms with van der Waals surface area (Å²) in [5.41, 5.74) is 5.69. The predicted octanol–water partition coefficient (Wildman–Crippen LogP) is 2.21. The molecule has 0 aliphatic rings. The molecule has 0 aliphatic heterocycles. The van der Waals surface area contributed by atoms with Crippen LogP contribution >= 0.6 is 0 Å². The number of benzene rings is 2. The van der Waals surface area contributed by atoms with Gasteiger partial charge in [0, 0.05) is 0 Å². The highest BCUT2D eigenvalue weighted by atomic mass is 16.5. The summed E-state index contributed by atoms with van der Waals surface area (Å²) in [6, 6.07) is 13.8. The van der Waals surface area contributed by atoms with Gasteiger partial charge in [0.15, 0.2) is 24.7 Å². The summed E-state index contributed by atoms with van der Waals surface area (Å²) >= 11 is 0. The fourth-order valence-electron chi connectivity index (χ4n) is 2.28. The normalized spacial score (nSPS) is 10.1. The van der Waals surface area contributed by atoms with E-state index in [9.17, 15) is 9.59 Å². The predicted molar refractivity (Wildman–Crippen MR) is 106 cm³/mol. The molecule has 2 amide bonds. The van der Waals surface area contributed by atoms with Crippen LogP contribution in [0.15, 0.2) is 48.5 Å². The Morgan fingerprint density at radius 3 is 2.28 bits per heavy atom. The highest BCUT2D eigenvalue weighted by Gasteiger charge is 2.10. The SMILES string of the molecule is C/C=C/c1ccc(OCC(=O)NNC(=O)COc2ccccc2C#N)c(OC)c1. The van der Waals surface area contributed by atoms with Crippen molar-refractivity contribution in [2.45, 2.75) is 6.92 Å². The zero-order valence-electron chi connectivity index (χ0n) is 16.1. The molecule has 0 unspecified atom stereocenters. The number of hydrogen-bond donors (Lipinski definition) is 2. The van der Waals surface area contributed by atoms with Crippen molar-refractivity contribution in [3.63, 3.8) is 0 Å². The third kappa shape index (κ3) is 6.59. The molecule has 2 aromatic rings. The number of carbonyl (C=O) groups is 2. The van der Waals surface area contributed by atoms with Crippen molar-refractivity contribution in [3.8, 4) is 23.3 Å². The van der Waals surface area contributed by atoms with Gasteiger partial charge in [0.25, 0.3) is 11.8 Å². The third-order valence-electron chi connectivity index (χ3n) is 3.61. The summed E-state index contributed by atoms with van der Waals surface area (Å²) in [5.74, 6) is 0.0312. The fraction of sp³-hybridized carbons (Fsp3) is 0.190. The molecule has 0 saturated heterocycles. The molecule has 0 heterocycles. The number of hydrazine groups is 1. The molecular weight excluding hydrogens is 374 g/mol. The minimum absolute atomic E-state index is 0.285. The van der Waals surface area contributed by atoms with Crippen molar-refractivity contribution in [2.75, 3.05) is 20.3 Å². The number of allylic oxidation sites excluding steroid dienone is 1. The van der Waals surface area contributed by atoms with Gasteiger partial charge in [-0.15, -0.1) is 0 Å². The molecule has 0 fully saturated rings. The molecule has 8 heteroatoms. The van der Waals surface area contributed by atoms with Crippen LogP contribution < -0.4 is 25.1 Å². The summed E-state index contributed by atoms with van der Waals surface area (Å²) in [7, 11) is 1.51. The van der Waals surface area contributed by atoms with Gasteiger partial charge in [-0.3, -0.25) is 20.4 Å². The van der Waals surface area contributed by atoms with Crippen LogP contribution in [0, 0.1) is 11.3 Å². The zero-order chi connectivity index (χ0) is 21.1. The Kier molecular flexibility index (Phi) is 8.08. The van der Waals surface area contributed by atoms with E-state index < -0.39 is 11.8 Å². The van der Waals surface area contributed by atoms with Crippen LogP contribution in [0.1, 0.15) is 18.1 Å². The van der Waals surface area contributed by atoms with Crippen LogP contribution in [0.3, 0.4) is 0 Å². The van der Waals surface area contributed by atoms with Gasteiger partial charge in [0.2, 0.25) is 0 Å². The van der Waals surface area contributed by atoms with E-state index in [0.717, 1.165) is 5.56 Å². The number of para-hydroxylation sites is 1. The summed E-state index contributed by atoms with van der Waals surface area (Å²) < 4.78 is 16.0. The monoisotopic (exact) mass is 395 g/mol. The van der Waals surface area contributed by atoms with Crippen molar-refractivity contribution in [3.05, 3.63) is 59.7 Å². The minimum Gasteiger partial charge on any atom is -0.493 e. The summed E-state index contributed by atoms with van der Waals surface area (Å²) in [5, 5.41) is 8.98. The maximum atomic E-state index is 11.9. The van der Waals surface area contributed by atoms with Crippen molar-refractivity contribution in [1.82, 2.24) is 10.9 Å². The Bertz CT molecular complexity index is 934. The first kappa shape index (κ1) is 21.3. The van der Waals surface area contributed by atoms with Gasteiger partial charge in [-0.2, -0.15) is 5.26 Å². The summed E-state index contributed by atoms with van der Waals surface area (Å²) in [6.45, 7) is 1.22. The Hall–Kier alpha value is -3.99. The number of nitriles is 1. The van der Waals surface area contributed by atoms with Crippen molar-refractivity contribution < 1.29 is 23.8 Å². The number of nitrogens with one attached hydrogen (secondary N) is 2. The lowest BCUT2D eigenvalue weighted by atomic mass is 10.2. The Labute approximate surface area is 168 Å². The molecular formula is C21H21N3O5. The Balaban J connectivity index is 1.78. The smallest absolute Gasteiger partial charge is 0.276 e. The molecule has 0 radical (unpaired) electrons. The van der Waals surface area contributed by atoms with Crippen LogP contribution in [0.5, 0.6) is 17.2 Å². The molecule has 0 spiro atoms. The number of carbonyl (C=O) groups excluding carboxylic acids is 2. The van der Waals surface area contributed by atoms with Crippen molar-refractivity contribution in [2.24, 2.45) is 0 Å². The van der Waals surface area contributed by atoms with Crippen LogP contribution in [-0.2, 0) is 9.59 Å². The Morgan fingerprint density at radius 2 is 1.66 bits per heavy atom. The molecule has 0 aromatic heterocycles. The largest absolute Gasteiger partial charge is 0.493 e. The lowest BCUT2D eigenvalue weighted by molar-refractivity contribution is -0.131. The first-order valence-electron chi connectivity index (χ1n) is 8.70. The second-order valence-corrected chi connectivity index (χ2v) is 5.69. The molecule has 150 valence electrons. The van der Waals surface area contributed by atoms with E-state index in [4.69, 9.17) is 19.5 Å². The van der Waals surface area contributed by atoms with E-state index >= 15 is 0 Å². The van der Waals surface area contributed by atoms with E-state index in [2.05, 4.69) is 10.9 Å². The van der Waals surface area contributed by atoms with Gasteiger partial charge in [0.05, 0.1) is 12.7 Å². The van der Waals surface area contributed by atoms with Gasteiger partial charge in [-0.05, 0) is 36.8 Å². The molecule has 0 atom stereocenters. The van der Waals surface area contributed by atoms with Gasteiger partial charge in [-0.1, -0.05) is 30.4 Å². The van der Waals surface area contributed by atoms with Crippen LogP contribution in [-0.4, -0.2) is 32.1 Å². The van der Waals surface area contributed by atoms with E-state index in [1.54, 1.807) is 36.4 Å². The lowest BCUT2D eigenvalue weighted by Gasteiger charge is -2.12. The zero-order valence-corrected chi connectivity index (χ0v) is 16.1. The fourth-order valence-corrected chi connectivity index (χ4v) is 2.28. The number of rotatable bonds is 8. The molecule has 2 rings (SSSR count). The molecule has 8 nitrogen and oxygen atoms in total. The average Bonchev–Trinajstić information content (AvgIpc) is 2.75. The maximum absolute atomic E-state index is 11.9. The Morgan fingerprint density at radius 1 is 1.00 bits per heavy atom. The molecule has 0 aliphatic carbocycles. The summed E-state index contributed by atoms with van der Waals surface area (Å²) in [6.07, 6.45) is 3.81. The molecule has 2 aromatic carbocycles. The van der Waals surface area contributed by atoms with E-state index in [1.807, 2.05) is 31.2 Å². The standard InChI is InChI=1S/C21H21N3O5/c1-3-6-15-9-10-18(19(11-15)27-2)29-14-21(26)24-23-20(25)13-28-17-8-5-4-7-16(17)12-22/h3-11H,13-14H2,1-2H3,(H,23,25)(H,24,26)/b6-3+. The van der Waals surface area contributed by atoms with E-state index in [1.165, 1.54) is 7.11 Å².